The summed E-state index contributed by atoms with van der Waals surface area (Å²) < 4.78 is 32.2. The zero-order valence-corrected chi connectivity index (χ0v) is 13.6. The molecule has 1 atom stereocenters. The quantitative estimate of drug-likeness (QED) is 0.874. The molecule has 0 saturated heterocycles. The van der Waals surface area contributed by atoms with Crippen molar-refractivity contribution < 1.29 is 18.3 Å². The molecule has 2 amide bonds. The monoisotopic (exact) mass is 334 g/mol. The van der Waals surface area contributed by atoms with Crippen molar-refractivity contribution in [1.82, 2.24) is 10.2 Å². The van der Waals surface area contributed by atoms with E-state index >= 15 is 0 Å². The van der Waals surface area contributed by atoms with Gasteiger partial charge in [0.05, 0.1) is 12.6 Å². The van der Waals surface area contributed by atoms with Gasteiger partial charge in [-0.15, -0.1) is 0 Å². The molecule has 1 unspecified atom stereocenters. The molecule has 0 aliphatic rings. The molecule has 0 aromatic heterocycles. The second kappa shape index (κ2) is 8.29. The Kier molecular flexibility index (Phi) is 6.12. The molecule has 1 N–H and O–H groups in total. The van der Waals surface area contributed by atoms with E-state index in [1.165, 1.54) is 17.0 Å². The molecule has 0 heterocycles. The average Bonchev–Trinajstić information content (AvgIpc) is 2.55. The van der Waals surface area contributed by atoms with Gasteiger partial charge in [-0.3, -0.25) is 0 Å². The summed E-state index contributed by atoms with van der Waals surface area (Å²) in [5.74, 6) is -0.601. The minimum absolute atomic E-state index is 0.235. The van der Waals surface area contributed by atoms with Crippen LogP contribution in [0.5, 0.6) is 5.75 Å². The number of rotatable bonds is 6. The number of urea groups is 1. The summed E-state index contributed by atoms with van der Waals surface area (Å²) in [5, 5.41) is 2.67. The number of hydrogen-bond acceptors (Lipinski definition) is 2. The van der Waals surface area contributed by atoms with Crippen LogP contribution >= 0.6 is 0 Å². The molecular weight excluding hydrogens is 314 g/mol. The van der Waals surface area contributed by atoms with E-state index in [2.05, 4.69) is 5.32 Å². The Morgan fingerprint density at radius 1 is 1.21 bits per heavy atom. The highest BCUT2D eigenvalue weighted by Gasteiger charge is 2.16. The summed E-state index contributed by atoms with van der Waals surface area (Å²) >= 11 is 0. The first kappa shape index (κ1) is 17.7. The first-order chi connectivity index (χ1) is 11.5. The van der Waals surface area contributed by atoms with Crippen LogP contribution in [0.15, 0.2) is 48.5 Å². The van der Waals surface area contributed by atoms with Crippen molar-refractivity contribution in [2.45, 2.75) is 13.0 Å². The molecule has 2 aromatic carbocycles. The predicted octanol–water partition coefficient (Wildman–Crippen LogP) is 3.75. The van der Waals surface area contributed by atoms with Gasteiger partial charge in [-0.1, -0.05) is 24.3 Å². The van der Waals surface area contributed by atoms with Crippen molar-refractivity contribution in [3.8, 4) is 5.75 Å². The van der Waals surface area contributed by atoms with Crippen molar-refractivity contribution in [1.29, 1.82) is 0 Å². The lowest BCUT2D eigenvalue weighted by Crippen LogP contribution is -2.40. The van der Waals surface area contributed by atoms with Gasteiger partial charge in [0.1, 0.15) is 24.0 Å². The molecule has 0 radical (unpaired) electrons. The van der Waals surface area contributed by atoms with E-state index in [4.69, 9.17) is 4.74 Å². The number of carbonyl (C=O) groups excluding carboxylic acids is 1. The second-order valence-electron chi connectivity index (χ2n) is 5.42. The molecule has 2 aromatic rings. The first-order valence-electron chi connectivity index (χ1n) is 7.62. The van der Waals surface area contributed by atoms with Gasteiger partial charge in [-0.05, 0) is 25.1 Å². The first-order valence-corrected chi connectivity index (χ1v) is 7.62. The van der Waals surface area contributed by atoms with Crippen molar-refractivity contribution in [2.75, 3.05) is 20.2 Å². The molecule has 128 valence electrons. The highest BCUT2D eigenvalue weighted by atomic mass is 19.1. The van der Waals surface area contributed by atoms with Crippen molar-refractivity contribution in [2.24, 2.45) is 0 Å². The normalized spacial score (nSPS) is 11.7. The van der Waals surface area contributed by atoms with Crippen LogP contribution in [0.25, 0.3) is 0 Å². The molecule has 0 aliphatic heterocycles. The van der Waals surface area contributed by atoms with E-state index in [1.54, 1.807) is 14.0 Å². The van der Waals surface area contributed by atoms with Gasteiger partial charge in [0.15, 0.2) is 0 Å². The molecule has 0 saturated carbocycles. The molecule has 0 fully saturated rings. The SMILES string of the molecule is CC(NC(=O)N(C)CCOc1ccccc1)c1ccc(F)cc1F. The summed E-state index contributed by atoms with van der Waals surface area (Å²) in [5.41, 5.74) is 0.235. The number of ether oxygens (including phenoxy) is 1. The van der Waals surface area contributed by atoms with Crippen LogP contribution in [0, 0.1) is 11.6 Å². The average molecular weight is 334 g/mol. The van der Waals surface area contributed by atoms with E-state index in [1.807, 2.05) is 30.3 Å². The minimum Gasteiger partial charge on any atom is -0.492 e. The number of likely N-dealkylation sites (N-methyl/N-ethyl adjacent to an activating group) is 1. The van der Waals surface area contributed by atoms with Crippen LogP contribution in [-0.4, -0.2) is 31.1 Å². The van der Waals surface area contributed by atoms with E-state index in [0.29, 0.717) is 13.2 Å². The Labute approximate surface area is 140 Å². The number of hydrogen-bond donors (Lipinski definition) is 1. The Balaban J connectivity index is 1.82. The van der Waals surface area contributed by atoms with Crippen LogP contribution in [0.3, 0.4) is 0 Å². The number of amides is 2. The van der Waals surface area contributed by atoms with Gasteiger partial charge in [-0.25, -0.2) is 13.6 Å². The van der Waals surface area contributed by atoms with Gasteiger partial charge in [0.25, 0.3) is 0 Å². The molecule has 24 heavy (non-hydrogen) atoms. The molecule has 4 nitrogen and oxygen atoms in total. The highest BCUT2D eigenvalue weighted by molar-refractivity contribution is 5.74. The molecule has 6 heteroatoms. The molecule has 0 aliphatic carbocycles. The van der Waals surface area contributed by atoms with E-state index in [9.17, 15) is 13.6 Å². The van der Waals surface area contributed by atoms with Gasteiger partial charge < -0.3 is 15.0 Å². The maximum Gasteiger partial charge on any atom is 0.317 e. The lowest BCUT2D eigenvalue weighted by Gasteiger charge is -2.22. The minimum atomic E-state index is -0.683. The number of para-hydroxylation sites is 1. The fraction of sp³-hybridized carbons (Fsp3) is 0.278. The number of nitrogens with zero attached hydrogens (tertiary/aromatic N) is 1. The van der Waals surface area contributed by atoms with Crippen LogP contribution in [0.2, 0.25) is 0 Å². The van der Waals surface area contributed by atoms with Crippen molar-refractivity contribution in [3.63, 3.8) is 0 Å². The Morgan fingerprint density at radius 2 is 1.92 bits per heavy atom. The smallest absolute Gasteiger partial charge is 0.317 e. The third-order valence-corrected chi connectivity index (χ3v) is 3.55. The van der Waals surface area contributed by atoms with Gasteiger partial charge >= 0.3 is 6.03 Å². The fourth-order valence-electron chi connectivity index (χ4n) is 2.14. The highest BCUT2D eigenvalue weighted by Crippen LogP contribution is 2.17. The molecule has 0 spiro atoms. The zero-order chi connectivity index (χ0) is 17.5. The number of nitrogens with one attached hydrogen (secondary N) is 1. The lowest BCUT2D eigenvalue weighted by molar-refractivity contribution is 0.192. The van der Waals surface area contributed by atoms with Gasteiger partial charge in [0.2, 0.25) is 0 Å². The van der Waals surface area contributed by atoms with E-state index < -0.39 is 17.7 Å². The Hall–Kier alpha value is -2.63. The third-order valence-electron chi connectivity index (χ3n) is 3.55. The standard InChI is InChI=1S/C18H20F2N2O2/c1-13(16-9-8-14(19)12-17(16)20)21-18(23)22(2)10-11-24-15-6-4-3-5-7-15/h3-9,12-13H,10-11H2,1-2H3,(H,21,23). The van der Waals surface area contributed by atoms with Crippen LogP contribution < -0.4 is 10.1 Å². The number of halogens is 2. The molecule has 0 bridgehead atoms. The predicted molar refractivity (Wildman–Crippen MR) is 87.9 cm³/mol. The molecule has 2 rings (SSSR count). The summed E-state index contributed by atoms with van der Waals surface area (Å²) in [7, 11) is 1.62. The summed E-state index contributed by atoms with van der Waals surface area (Å²) in [6, 6.07) is 11.7. The van der Waals surface area contributed by atoms with Gasteiger partial charge in [-0.2, -0.15) is 0 Å². The van der Waals surface area contributed by atoms with Crippen LogP contribution in [0.1, 0.15) is 18.5 Å². The number of carbonyl (C=O) groups is 1. The summed E-state index contributed by atoms with van der Waals surface area (Å²) in [6.07, 6.45) is 0. The van der Waals surface area contributed by atoms with Crippen LogP contribution in [-0.2, 0) is 0 Å². The Bertz CT molecular complexity index is 680. The van der Waals surface area contributed by atoms with Gasteiger partial charge in [0, 0.05) is 18.7 Å². The molecular formula is C18H20F2N2O2. The van der Waals surface area contributed by atoms with Crippen LogP contribution in [0.4, 0.5) is 13.6 Å². The summed E-state index contributed by atoms with van der Waals surface area (Å²) in [4.78, 5) is 13.6. The summed E-state index contributed by atoms with van der Waals surface area (Å²) in [6.45, 7) is 2.36. The number of benzene rings is 2. The maximum absolute atomic E-state index is 13.7. The lowest BCUT2D eigenvalue weighted by atomic mass is 10.1. The zero-order valence-electron chi connectivity index (χ0n) is 13.6. The van der Waals surface area contributed by atoms with E-state index in [0.717, 1.165) is 11.8 Å². The third kappa shape index (κ3) is 4.94. The van der Waals surface area contributed by atoms with Crippen molar-refractivity contribution >= 4 is 6.03 Å². The largest absolute Gasteiger partial charge is 0.492 e. The second-order valence-corrected chi connectivity index (χ2v) is 5.42. The fourth-order valence-corrected chi connectivity index (χ4v) is 2.14. The van der Waals surface area contributed by atoms with Crippen molar-refractivity contribution in [3.05, 3.63) is 65.7 Å². The topological polar surface area (TPSA) is 41.6 Å². The Morgan fingerprint density at radius 3 is 2.58 bits per heavy atom. The van der Waals surface area contributed by atoms with E-state index in [-0.39, 0.29) is 11.6 Å². The maximum atomic E-state index is 13.7.